The van der Waals surface area contributed by atoms with Crippen LogP contribution in [0.25, 0.3) is 0 Å². The van der Waals surface area contributed by atoms with E-state index in [0.29, 0.717) is 6.61 Å². The van der Waals surface area contributed by atoms with Gasteiger partial charge in [0, 0.05) is 6.54 Å². The number of benzene rings is 1. The van der Waals surface area contributed by atoms with Gasteiger partial charge in [-0.15, -0.1) is 0 Å². The molecule has 0 fully saturated rings. The molecule has 0 aliphatic heterocycles. The van der Waals surface area contributed by atoms with Crippen LogP contribution in [0.15, 0.2) is 30.3 Å². The van der Waals surface area contributed by atoms with Crippen LogP contribution in [0.5, 0.6) is 0 Å². The van der Waals surface area contributed by atoms with E-state index in [0.717, 1.165) is 25.1 Å². The summed E-state index contributed by atoms with van der Waals surface area (Å²) in [6, 6.07) is 9.67. The first-order chi connectivity index (χ1) is 8.25. The smallest absolute Gasteiger partial charge is 0.323 e. The lowest BCUT2D eigenvalue weighted by atomic mass is 10.2. The minimum Gasteiger partial charge on any atom is -0.463 e. The van der Waals surface area contributed by atoms with Crippen molar-refractivity contribution in [2.75, 3.05) is 19.7 Å². The second kappa shape index (κ2) is 8.47. The van der Waals surface area contributed by atoms with Gasteiger partial charge in [0.25, 0.3) is 0 Å². The molecular formula is C13H18INO2. The standard InChI is InChI=1S/C13H18INO2/c1-2-8-15-9-10-17-13(16)12(14)11-6-4-3-5-7-11/h3-7,12,15H,2,8-10H2,1H3. The summed E-state index contributed by atoms with van der Waals surface area (Å²) in [5.74, 6) is -0.171. The number of esters is 1. The molecule has 0 radical (unpaired) electrons. The van der Waals surface area contributed by atoms with Crippen molar-refractivity contribution in [3.63, 3.8) is 0 Å². The summed E-state index contributed by atoms with van der Waals surface area (Å²) in [6.45, 7) is 4.22. The number of ether oxygens (including phenoxy) is 1. The highest BCUT2D eigenvalue weighted by molar-refractivity contribution is 14.1. The molecule has 1 unspecified atom stereocenters. The third-order valence-corrected chi connectivity index (χ3v) is 3.48. The SMILES string of the molecule is CCCNCCOC(=O)C(I)c1ccccc1. The maximum atomic E-state index is 11.7. The average molecular weight is 347 g/mol. The number of halogens is 1. The summed E-state index contributed by atoms with van der Waals surface area (Å²) in [6.07, 6.45) is 1.09. The van der Waals surface area contributed by atoms with Crippen LogP contribution in [0, 0.1) is 0 Å². The molecule has 17 heavy (non-hydrogen) atoms. The van der Waals surface area contributed by atoms with Gasteiger partial charge in [-0.05, 0) is 18.5 Å². The lowest BCUT2D eigenvalue weighted by Crippen LogP contribution is -2.23. The molecular weight excluding hydrogens is 329 g/mol. The second-order valence-corrected chi connectivity index (χ2v) is 4.94. The van der Waals surface area contributed by atoms with E-state index in [1.54, 1.807) is 0 Å². The Bertz CT molecular complexity index is 329. The maximum absolute atomic E-state index is 11.7. The van der Waals surface area contributed by atoms with Gasteiger partial charge < -0.3 is 10.1 Å². The Morgan fingerprint density at radius 2 is 2.06 bits per heavy atom. The zero-order chi connectivity index (χ0) is 12.5. The third kappa shape index (κ3) is 5.50. The van der Waals surface area contributed by atoms with Gasteiger partial charge in [-0.3, -0.25) is 4.79 Å². The Labute approximate surface area is 116 Å². The summed E-state index contributed by atoms with van der Waals surface area (Å²) in [7, 11) is 0. The number of alkyl halides is 1. The van der Waals surface area contributed by atoms with Crippen LogP contribution >= 0.6 is 22.6 Å². The van der Waals surface area contributed by atoms with E-state index in [2.05, 4.69) is 34.8 Å². The van der Waals surface area contributed by atoms with Crippen LogP contribution in [0.3, 0.4) is 0 Å². The lowest BCUT2D eigenvalue weighted by Gasteiger charge is -2.10. The Morgan fingerprint density at radius 3 is 2.71 bits per heavy atom. The van der Waals surface area contributed by atoms with Gasteiger partial charge in [0.2, 0.25) is 0 Å². The first kappa shape index (κ1) is 14.4. The number of carbonyl (C=O) groups excluding carboxylic acids is 1. The van der Waals surface area contributed by atoms with E-state index in [1.807, 2.05) is 30.3 Å². The molecule has 0 saturated heterocycles. The highest BCUT2D eigenvalue weighted by Gasteiger charge is 2.17. The Morgan fingerprint density at radius 1 is 1.35 bits per heavy atom. The Kier molecular flexibility index (Phi) is 7.19. The van der Waals surface area contributed by atoms with Crippen LogP contribution in [0.2, 0.25) is 0 Å². The summed E-state index contributed by atoms with van der Waals surface area (Å²) < 4.78 is 4.97. The van der Waals surface area contributed by atoms with Gasteiger partial charge in [-0.25, -0.2) is 0 Å². The van der Waals surface area contributed by atoms with Crippen LogP contribution in [-0.4, -0.2) is 25.7 Å². The minimum atomic E-state index is -0.222. The van der Waals surface area contributed by atoms with Crippen molar-refractivity contribution in [3.05, 3.63) is 35.9 Å². The fraction of sp³-hybridized carbons (Fsp3) is 0.462. The van der Waals surface area contributed by atoms with E-state index in [4.69, 9.17) is 4.74 Å². The first-order valence-electron chi connectivity index (χ1n) is 5.82. The van der Waals surface area contributed by atoms with Crippen molar-refractivity contribution in [2.45, 2.75) is 17.3 Å². The molecule has 0 saturated carbocycles. The molecule has 1 aromatic carbocycles. The van der Waals surface area contributed by atoms with E-state index >= 15 is 0 Å². The van der Waals surface area contributed by atoms with Gasteiger partial charge in [-0.2, -0.15) is 0 Å². The number of nitrogens with one attached hydrogen (secondary N) is 1. The summed E-state index contributed by atoms with van der Waals surface area (Å²) >= 11 is 2.11. The van der Waals surface area contributed by atoms with Gasteiger partial charge in [-0.1, -0.05) is 59.8 Å². The molecule has 1 atom stereocenters. The van der Waals surface area contributed by atoms with E-state index in [1.165, 1.54) is 0 Å². The molecule has 0 aliphatic carbocycles. The number of carbonyl (C=O) groups is 1. The van der Waals surface area contributed by atoms with E-state index < -0.39 is 0 Å². The van der Waals surface area contributed by atoms with Crippen molar-refractivity contribution >= 4 is 28.6 Å². The molecule has 1 aromatic rings. The normalized spacial score (nSPS) is 12.1. The number of hydrogen-bond donors (Lipinski definition) is 1. The molecule has 0 aliphatic rings. The molecule has 0 heterocycles. The Hall–Kier alpha value is -0.620. The first-order valence-corrected chi connectivity index (χ1v) is 7.06. The average Bonchev–Trinajstić information content (AvgIpc) is 2.38. The fourth-order valence-corrected chi connectivity index (χ4v) is 1.95. The topological polar surface area (TPSA) is 38.3 Å². The molecule has 0 aromatic heterocycles. The zero-order valence-electron chi connectivity index (χ0n) is 9.99. The molecule has 0 spiro atoms. The monoisotopic (exact) mass is 347 g/mol. The molecule has 3 nitrogen and oxygen atoms in total. The largest absolute Gasteiger partial charge is 0.463 e. The van der Waals surface area contributed by atoms with Crippen molar-refractivity contribution < 1.29 is 9.53 Å². The van der Waals surface area contributed by atoms with Crippen LogP contribution < -0.4 is 5.32 Å². The fourth-order valence-electron chi connectivity index (χ4n) is 1.36. The van der Waals surface area contributed by atoms with Gasteiger partial charge >= 0.3 is 5.97 Å². The third-order valence-electron chi connectivity index (χ3n) is 2.25. The van der Waals surface area contributed by atoms with Crippen molar-refractivity contribution in [2.24, 2.45) is 0 Å². The van der Waals surface area contributed by atoms with Crippen molar-refractivity contribution in [1.82, 2.24) is 5.32 Å². The second-order valence-electron chi connectivity index (χ2n) is 3.69. The summed E-state index contributed by atoms with van der Waals surface area (Å²) in [5.41, 5.74) is 0.986. The predicted molar refractivity (Wildman–Crippen MR) is 77.3 cm³/mol. The minimum absolute atomic E-state index is 0.171. The molecule has 0 amide bonds. The maximum Gasteiger partial charge on any atom is 0.323 e. The number of rotatable bonds is 7. The van der Waals surface area contributed by atoms with Crippen LogP contribution in [0.4, 0.5) is 0 Å². The van der Waals surface area contributed by atoms with E-state index in [-0.39, 0.29) is 9.89 Å². The number of hydrogen-bond acceptors (Lipinski definition) is 3. The molecule has 0 bridgehead atoms. The predicted octanol–water partition coefficient (Wildman–Crippen LogP) is 2.71. The van der Waals surface area contributed by atoms with Crippen molar-refractivity contribution in [3.8, 4) is 0 Å². The highest BCUT2D eigenvalue weighted by Crippen LogP contribution is 2.24. The Balaban J connectivity index is 2.28. The van der Waals surface area contributed by atoms with E-state index in [9.17, 15) is 4.79 Å². The van der Waals surface area contributed by atoms with Gasteiger partial charge in [0.05, 0.1) is 0 Å². The lowest BCUT2D eigenvalue weighted by molar-refractivity contribution is -0.142. The summed E-state index contributed by atoms with van der Waals surface area (Å²) in [4.78, 5) is 11.7. The summed E-state index contributed by atoms with van der Waals surface area (Å²) in [5, 5.41) is 3.19. The quantitative estimate of drug-likeness (QED) is 0.357. The highest BCUT2D eigenvalue weighted by atomic mass is 127. The molecule has 1 rings (SSSR count). The van der Waals surface area contributed by atoms with Crippen LogP contribution in [-0.2, 0) is 9.53 Å². The molecule has 94 valence electrons. The van der Waals surface area contributed by atoms with Gasteiger partial charge in [0.15, 0.2) is 0 Å². The van der Waals surface area contributed by atoms with Crippen LogP contribution in [0.1, 0.15) is 22.8 Å². The molecule has 4 heteroatoms. The van der Waals surface area contributed by atoms with Gasteiger partial charge in [0.1, 0.15) is 10.5 Å². The zero-order valence-corrected chi connectivity index (χ0v) is 12.1. The van der Waals surface area contributed by atoms with Crippen molar-refractivity contribution in [1.29, 1.82) is 0 Å². The molecule has 1 N–H and O–H groups in total.